The largest absolute Gasteiger partial charge is 0.486 e. The molecule has 0 fully saturated rings. The van der Waals surface area contributed by atoms with Gasteiger partial charge in [0.1, 0.15) is 12.4 Å². The zero-order chi connectivity index (χ0) is 13.7. The number of esters is 1. The van der Waals surface area contributed by atoms with Gasteiger partial charge in [-0.25, -0.2) is 4.79 Å². The summed E-state index contributed by atoms with van der Waals surface area (Å²) in [6.07, 6.45) is 3.13. The molecule has 19 heavy (non-hydrogen) atoms. The number of methoxy groups -OCH3 is 1. The van der Waals surface area contributed by atoms with Gasteiger partial charge in [-0.3, -0.25) is 9.97 Å². The van der Waals surface area contributed by atoms with Crippen LogP contribution in [-0.4, -0.2) is 23.0 Å². The minimum atomic E-state index is -0.400. The lowest BCUT2D eigenvalue weighted by Crippen LogP contribution is -2.04. The molecule has 0 radical (unpaired) electrons. The second kappa shape index (κ2) is 5.95. The van der Waals surface area contributed by atoms with Gasteiger partial charge in [0.15, 0.2) is 0 Å². The van der Waals surface area contributed by atoms with Crippen LogP contribution in [0.2, 0.25) is 0 Å². The number of hydrogen-bond acceptors (Lipinski definition) is 5. The average molecular weight is 258 g/mol. The van der Waals surface area contributed by atoms with E-state index in [1.165, 1.54) is 13.3 Å². The molecule has 0 aliphatic carbocycles. The fraction of sp³-hybridized carbons (Fsp3) is 0.214. The normalized spacial score (nSPS) is 10.0. The Bertz CT molecular complexity index is 550. The highest BCUT2D eigenvalue weighted by Gasteiger charge is 2.05. The topological polar surface area (TPSA) is 61.3 Å². The summed E-state index contributed by atoms with van der Waals surface area (Å²) in [5.41, 5.74) is 2.09. The molecule has 2 aromatic heterocycles. The van der Waals surface area contributed by atoms with Crippen LogP contribution in [0.1, 0.15) is 21.7 Å². The van der Waals surface area contributed by atoms with E-state index < -0.39 is 5.97 Å². The van der Waals surface area contributed by atoms with Gasteiger partial charge in [0, 0.05) is 11.9 Å². The molecule has 0 unspecified atom stereocenters. The van der Waals surface area contributed by atoms with Crippen LogP contribution in [0.3, 0.4) is 0 Å². The molecule has 0 spiro atoms. The number of aromatic nitrogens is 2. The number of nitrogens with zero attached hydrogens (tertiary/aromatic N) is 2. The summed E-state index contributed by atoms with van der Waals surface area (Å²) in [6.45, 7) is 2.24. The number of ether oxygens (including phenoxy) is 2. The summed E-state index contributed by atoms with van der Waals surface area (Å²) >= 11 is 0. The molecule has 0 aliphatic heterocycles. The van der Waals surface area contributed by atoms with Gasteiger partial charge >= 0.3 is 5.97 Å². The summed E-state index contributed by atoms with van der Waals surface area (Å²) in [5.74, 6) is 0.284. The van der Waals surface area contributed by atoms with Crippen LogP contribution >= 0.6 is 0 Å². The van der Waals surface area contributed by atoms with Gasteiger partial charge in [0.05, 0.1) is 24.6 Å². The van der Waals surface area contributed by atoms with Crippen LogP contribution in [0.5, 0.6) is 5.75 Å². The Morgan fingerprint density at radius 1 is 1.16 bits per heavy atom. The maximum atomic E-state index is 11.2. The zero-order valence-corrected chi connectivity index (χ0v) is 10.8. The summed E-state index contributed by atoms with van der Waals surface area (Å²) in [4.78, 5) is 19.5. The molecule has 0 aliphatic rings. The number of carbonyl (C=O) groups is 1. The SMILES string of the molecule is COC(=O)c1ccc(COc2ccc(C)nc2)nc1. The molecule has 5 nitrogen and oxygen atoms in total. The van der Waals surface area contributed by atoms with Crippen molar-refractivity contribution in [2.75, 3.05) is 7.11 Å². The lowest BCUT2D eigenvalue weighted by atomic mass is 10.2. The van der Waals surface area contributed by atoms with Gasteiger partial charge in [-0.15, -0.1) is 0 Å². The predicted molar refractivity (Wildman–Crippen MR) is 68.9 cm³/mol. The van der Waals surface area contributed by atoms with Crippen molar-refractivity contribution >= 4 is 5.97 Å². The van der Waals surface area contributed by atoms with Gasteiger partial charge in [0.2, 0.25) is 0 Å². The lowest BCUT2D eigenvalue weighted by Gasteiger charge is -2.06. The van der Waals surface area contributed by atoms with Crippen LogP contribution < -0.4 is 4.74 Å². The molecule has 0 bridgehead atoms. The zero-order valence-electron chi connectivity index (χ0n) is 10.8. The van der Waals surface area contributed by atoms with E-state index in [1.807, 2.05) is 19.1 Å². The van der Waals surface area contributed by atoms with Crippen molar-refractivity contribution in [3.05, 3.63) is 53.6 Å². The van der Waals surface area contributed by atoms with Crippen molar-refractivity contribution in [3.63, 3.8) is 0 Å². The van der Waals surface area contributed by atoms with Gasteiger partial charge in [-0.05, 0) is 31.2 Å². The number of rotatable bonds is 4. The summed E-state index contributed by atoms with van der Waals surface area (Å²) in [7, 11) is 1.34. The molecule has 0 amide bonds. The standard InChI is InChI=1S/C14H14N2O3/c1-10-3-6-13(8-15-10)19-9-12-5-4-11(7-16-12)14(17)18-2/h3-8H,9H2,1-2H3. The highest BCUT2D eigenvalue weighted by molar-refractivity contribution is 5.88. The highest BCUT2D eigenvalue weighted by atomic mass is 16.5. The minimum absolute atomic E-state index is 0.326. The monoisotopic (exact) mass is 258 g/mol. The molecule has 0 atom stereocenters. The van der Waals surface area contributed by atoms with Crippen molar-refractivity contribution in [2.45, 2.75) is 13.5 Å². The van der Waals surface area contributed by atoms with E-state index in [-0.39, 0.29) is 0 Å². The molecular weight excluding hydrogens is 244 g/mol. The van der Waals surface area contributed by atoms with Gasteiger partial charge in [-0.1, -0.05) is 0 Å². The van der Waals surface area contributed by atoms with Gasteiger partial charge < -0.3 is 9.47 Å². The Morgan fingerprint density at radius 2 is 2.00 bits per heavy atom. The second-order valence-electron chi connectivity index (χ2n) is 3.95. The van der Waals surface area contributed by atoms with Crippen LogP contribution in [0.4, 0.5) is 0 Å². The molecule has 2 rings (SSSR count). The number of carbonyl (C=O) groups excluding carboxylic acids is 1. The molecule has 0 aromatic carbocycles. The van der Waals surface area contributed by atoms with Gasteiger partial charge in [-0.2, -0.15) is 0 Å². The Hall–Kier alpha value is -2.43. The third-order valence-electron chi connectivity index (χ3n) is 2.52. The van der Waals surface area contributed by atoms with E-state index in [0.29, 0.717) is 17.9 Å². The van der Waals surface area contributed by atoms with Gasteiger partial charge in [0.25, 0.3) is 0 Å². The minimum Gasteiger partial charge on any atom is -0.486 e. The van der Waals surface area contributed by atoms with Crippen molar-refractivity contribution in [2.24, 2.45) is 0 Å². The Labute approximate surface area is 111 Å². The fourth-order valence-corrected chi connectivity index (χ4v) is 1.45. The Balaban J connectivity index is 1.96. The first-order chi connectivity index (χ1) is 9.19. The van der Waals surface area contributed by atoms with Crippen LogP contribution in [0.15, 0.2) is 36.7 Å². The van der Waals surface area contributed by atoms with Crippen molar-refractivity contribution < 1.29 is 14.3 Å². The van der Waals surface area contributed by atoms with E-state index >= 15 is 0 Å². The molecule has 0 saturated carbocycles. The first-order valence-corrected chi connectivity index (χ1v) is 5.78. The molecule has 98 valence electrons. The summed E-state index contributed by atoms with van der Waals surface area (Å²) in [6, 6.07) is 7.12. The molecule has 2 aromatic rings. The maximum absolute atomic E-state index is 11.2. The fourth-order valence-electron chi connectivity index (χ4n) is 1.45. The maximum Gasteiger partial charge on any atom is 0.339 e. The molecule has 2 heterocycles. The third-order valence-corrected chi connectivity index (χ3v) is 2.52. The lowest BCUT2D eigenvalue weighted by molar-refractivity contribution is 0.0600. The third kappa shape index (κ3) is 3.51. The van der Waals surface area contributed by atoms with Crippen molar-refractivity contribution in [1.82, 2.24) is 9.97 Å². The van der Waals surface area contributed by atoms with E-state index in [1.54, 1.807) is 18.3 Å². The van der Waals surface area contributed by atoms with E-state index in [2.05, 4.69) is 14.7 Å². The number of pyridine rings is 2. The number of aryl methyl sites for hydroxylation is 1. The molecular formula is C14H14N2O3. The van der Waals surface area contributed by atoms with Crippen LogP contribution in [0, 0.1) is 6.92 Å². The van der Waals surface area contributed by atoms with E-state index in [4.69, 9.17) is 4.74 Å². The predicted octanol–water partition coefficient (Wildman–Crippen LogP) is 2.15. The quantitative estimate of drug-likeness (QED) is 0.786. The summed E-state index contributed by atoms with van der Waals surface area (Å²) < 4.78 is 10.1. The van der Waals surface area contributed by atoms with E-state index in [0.717, 1.165) is 11.4 Å². The van der Waals surface area contributed by atoms with E-state index in [9.17, 15) is 4.79 Å². The highest BCUT2D eigenvalue weighted by Crippen LogP contribution is 2.11. The number of hydrogen-bond donors (Lipinski definition) is 0. The molecule has 5 heteroatoms. The van der Waals surface area contributed by atoms with Crippen molar-refractivity contribution in [1.29, 1.82) is 0 Å². The first-order valence-electron chi connectivity index (χ1n) is 5.78. The first kappa shape index (κ1) is 13.0. The molecule has 0 N–H and O–H groups in total. The molecule has 0 saturated heterocycles. The average Bonchev–Trinajstić information content (AvgIpc) is 2.46. The van der Waals surface area contributed by atoms with Crippen LogP contribution in [0.25, 0.3) is 0 Å². The second-order valence-corrected chi connectivity index (χ2v) is 3.95. The van der Waals surface area contributed by atoms with Crippen molar-refractivity contribution in [3.8, 4) is 5.75 Å². The smallest absolute Gasteiger partial charge is 0.339 e. The Morgan fingerprint density at radius 3 is 2.58 bits per heavy atom. The van der Waals surface area contributed by atoms with Crippen LogP contribution in [-0.2, 0) is 11.3 Å². The Kier molecular flexibility index (Phi) is 4.07. The summed E-state index contributed by atoms with van der Waals surface area (Å²) in [5, 5.41) is 0.